The van der Waals surface area contributed by atoms with Crippen molar-refractivity contribution in [2.45, 2.75) is 70.0 Å². The van der Waals surface area contributed by atoms with E-state index in [-0.39, 0.29) is 24.4 Å². The Morgan fingerprint density at radius 3 is 2.36 bits per heavy atom. The Bertz CT molecular complexity index is 648. The van der Waals surface area contributed by atoms with E-state index >= 15 is 0 Å². The van der Waals surface area contributed by atoms with Crippen LogP contribution in [0.2, 0.25) is 5.02 Å². The molecule has 0 saturated carbocycles. The molecule has 138 valence electrons. The summed E-state index contributed by atoms with van der Waals surface area (Å²) in [4.78, 5) is 0. The van der Waals surface area contributed by atoms with E-state index in [4.69, 9.17) is 40.0 Å². The van der Waals surface area contributed by atoms with Crippen LogP contribution < -0.4 is 4.74 Å². The number of ether oxygens (including phenoxy) is 6. The first kappa shape index (κ1) is 17.5. The maximum atomic E-state index is 6.21. The van der Waals surface area contributed by atoms with E-state index in [2.05, 4.69) is 0 Å². The van der Waals surface area contributed by atoms with Gasteiger partial charge in [-0.1, -0.05) is 23.7 Å². The topological polar surface area (TPSA) is 55.4 Å². The summed E-state index contributed by atoms with van der Waals surface area (Å²) in [5.41, 5.74) is 0. The molecule has 3 saturated heterocycles. The third-order valence-corrected chi connectivity index (χ3v) is 4.84. The van der Waals surface area contributed by atoms with Gasteiger partial charge in [-0.25, -0.2) is 0 Å². The monoisotopic (exact) mass is 370 g/mol. The smallest absolute Gasteiger partial charge is 0.229 e. The molecule has 3 aliphatic heterocycles. The lowest BCUT2D eigenvalue weighted by atomic mass is 10.1. The molecular weight excluding hydrogens is 348 g/mol. The highest BCUT2D eigenvalue weighted by atomic mass is 35.5. The number of fused-ring (bicyclic) bond motifs is 1. The van der Waals surface area contributed by atoms with E-state index in [1.165, 1.54) is 0 Å². The highest BCUT2D eigenvalue weighted by Crippen LogP contribution is 2.43. The molecule has 0 spiro atoms. The zero-order chi connectivity index (χ0) is 17.8. The quantitative estimate of drug-likeness (QED) is 0.814. The average Bonchev–Trinajstić information content (AvgIpc) is 3.13. The van der Waals surface area contributed by atoms with Crippen LogP contribution in [0.5, 0.6) is 5.75 Å². The molecule has 1 aromatic carbocycles. The largest absolute Gasteiger partial charge is 0.460 e. The predicted octanol–water partition coefficient (Wildman–Crippen LogP) is 3.12. The number of para-hydroxylation sites is 1. The van der Waals surface area contributed by atoms with Crippen LogP contribution in [0.4, 0.5) is 0 Å². The molecule has 3 aliphatic rings. The molecule has 1 aromatic rings. The van der Waals surface area contributed by atoms with E-state index < -0.39 is 17.9 Å². The molecule has 0 radical (unpaired) electrons. The molecule has 0 unspecified atom stereocenters. The van der Waals surface area contributed by atoms with Crippen molar-refractivity contribution >= 4 is 11.6 Å². The van der Waals surface area contributed by atoms with Crippen LogP contribution in [0.3, 0.4) is 0 Å². The lowest BCUT2D eigenvalue weighted by Gasteiger charge is -2.27. The normalized spacial score (nSPS) is 38.7. The van der Waals surface area contributed by atoms with Crippen LogP contribution in [0.15, 0.2) is 24.3 Å². The molecule has 7 heteroatoms. The van der Waals surface area contributed by atoms with Crippen molar-refractivity contribution in [3.8, 4) is 5.75 Å². The van der Waals surface area contributed by atoms with Gasteiger partial charge < -0.3 is 28.4 Å². The minimum absolute atomic E-state index is 0.250. The number of halogens is 1. The fourth-order valence-electron chi connectivity index (χ4n) is 3.53. The summed E-state index contributed by atoms with van der Waals surface area (Å²) in [7, 11) is 0. The number of benzene rings is 1. The summed E-state index contributed by atoms with van der Waals surface area (Å²) in [5.74, 6) is -0.806. The Balaban J connectivity index is 1.56. The van der Waals surface area contributed by atoms with E-state index in [0.29, 0.717) is 17.4 Å². The summed E-state index contributed by atoms with van der Waals surface area (Å²) in [6.45, 7) is 7.96. The van der Waals surface area contributed by atoms with Crippen LogP contribution in [0.1, 0.15) is 27.7 Å². The van der Waals surface area contributed by atoms with E-state index in [1.54, 1.807) is 12.1 Å². The fourth-order valence-corrected chi connectivity index (χ4v) is 3.71. The molecule has 4 rings (SSSR count). The molecule has 0 amide bonds. The Morgan fingerprint density at radius 2 is 1.68 bits per heavy atom. The number of hydrogen-bond donors (Lipinski definition) is 0. The van der Waals surface area contributed by atoms with Gasteiger partial charge in [0.25, 0.3) is 0 Å². The van der Waals surface area contributed by atoms with Gasteiger partial charge in [0, 0.05) is 0 Å². The summed E-state index contributed by atoms with van der Waals surface area (Å²) >= 11 is 6.21. The zero-order valence-electron chi connectivity index (χ0n) is 14.7. The van der Waals surface area contributed by atoms with Crippen molar-refractivity contribution in [3.63, 3.8) is 0 Å². The molecule has 6 nitrogen and oxygen atoms in total. The molecule has 3 heterocycles. The third kappa shape index (κ3) is 3.39. The van der Waals surface area contributed by atoms with E-state index in [1.807, 2.05) is 39.8 Å². The van der Waals surface area contributed by atoms with Crippen molar-refractivity contribution in [2.75, 3.05) is 6.61 Å². The van der Waals surface area contributed by atoms with Crippen LogP contribution in [0, 0.1) is 0 Å². The molecule has 0 bridgehead atoms. The zero-order valence-corrected chi connectivity index (χ0v) is 15.5. The predicted molar refractivity (Wildman–Crippen MR) is 89.5 cm³/mol. The maximum Gasteiger partial charge on any atom is 0.229 e. The average molecular weight is 371 g/mol. The molecular formula is C18H23ClO6. The molecule has 5 atom stereocenters. The first-order valence-corrected chi connectivity index (χ1v) is 8.86. The highest BCUT2D eigenvalue weighted by Gasteiger charge is 2.60. The van der Waals surface area contributed by atoms with Crippen molar-refractivity contribution < 1.29 is 28.4 Å². The lowest BCUT2D eigenvalue weighted by molar-refractivity contribution is -0.230. The van der Waals surface area contributed by atoms with Gasteiger partial charge in [0.05, 0.1) is 11.6 Å². The minimum Gasteiger partial charge on any atom is -0.460 e. The lowest BCUT2D eigenvalue weighted by Crippen LogP contribution is -2.40. The number of rotatable bonds is 3. The molecule has 0 aromatic heterocycles. The van der Waals surface area contributed by atoms with Crippen LogP contribution in [-0.4, -0.2) is 48.9 Å². The van der Waals surface area contributed by atoms with Gasteiger partial charge in [0.2, 0.25) is 6.29 Å². The minimum atomic E-state index is -0.714. The van der Waals surface area contributed by atoms with Crippen molar-refractivity contribution in [2.24, 2.45) is 0 Å². The van der Waals surface area contributed by atoms with Gasteiger partial charge in [-0.05, 0) is 39.8 Å². The number of hydrogen-bond acceptors (Lipinski definition) is 6. The summed E-state index contributed by atoms with van der Waals surface area (Å²) in [5, 5.41) is 0.519. The van der Waals surface area contributed by atoms with Crippen LogP contribution in [-0.2, 0) is 23.7 Å². The first-order chi connectivity index (χ1) is 11.7. The van der Waals surface area contributed by atoms with Crippen molar-refractivity contribution in [3.05, 3.63) is 29.3 Å². The second-order valence-electron chi connectivity index (χ2n) is 7.45. The van der Waals surface area contributed by atoms with E-state index in [0.717, 1.165) is 0 Å². The highest BCUT2D eigenvalue weighted by molar-refractivity contribution is 6.32. The Labute approximate surface area is 152 Å². The van der Waals surface area contributed by atoms with Crippen LogP contribution in [0.25, 0.3) is 0 Å². The second-order valence-corrected chi connectivity index (χ2v) is 7.86. The summed E-state index contributed by atoms with van der Waals surface area (Å²) in [6.07, 6.45) is -1.90. The van der Waals surface area contributed by atoms with Gasteiger partial charge in [-0.3, -0.25) is 0 Å². The SMILES string of the molecule is CC1(C)O[C@@H]2[C@H](O1)[C@@H](Oc1ccccc1Cl)O[C@@H]2[C@H]1COC(C)(C)O1. The maximum absolute atomic E-state index is 6.21. The molecule has 0 aliphatic carbocycles. The summed E-state index contributed by atoms with van der Waals surface area (Å²) in [6, 6.07) is 7.28. The molecule has 25 heavy (non-hydrogen) atoms. The Kier molecular flexibility index (Phi) is 4.26. The third-order valence-electron chi connectivity index (χ3n) is 4.52. The van der Waals surface area contributed by atoms with Gasteiger partial charge >= 0.3 is 0 Å². The van der Waals surface area contributed by atoms with Gasteiger partial charge in [-0.15, -0.1) is 0 Å². The standard InChI is InChI=1S/C18H23ClO6/c1-17(2)20-9-12(23-17)13-14-15(25-18(3,4)24-14)16(22-13)21-11-8-6-5-7-10(11)19/h5-8,12-16H,9H2,1-4H3/t12-,13-,14+,15+,16+/m1/s1. The Morgan fingerprint density at radius 1 is 0.960 bits per heavy atom. The van der Waals surface area contributed by atoms with Gasteiger partial charge in [0.1, 0.15) is 24.1 Å². The Hall–Kier alpha value is -0.890. The van der Waals surface area contributed by atoms with Gasteiger partial charge in [-0.2, -0.15) is 0 Å². The van der Waals surface area contributed by atoms with Crippen molar-refractivity contribution in [1.29, 1.82) is 0 Å². The van der Waals surface area contributed by atoms with Crippen LogP contribution >= 0.6 is 11.6 Å². The first-order valence-electron chi connectivity index (χ1n) is 8.48. The van der Waals surface area contributed by atoms with E-state index in [9.17, 15) is 0 Å². The summed E-state index contributed by atoms with van der Waals surface area (Å²) < 4.78 is 35.9. The fraction of sp³-hybridized carbons (Fsp3) is 0.667. The van der Waals surface area contributed by atoms with Crippen molar-refractivity contribution in [1.82, 2.24) is 0 Å². The second kappa shape index (κ2) is 6.08. The molecule has 3 fully saturated rings. The molecule has 0 N–H and O–H groups in total. The van der Waals surface area contributed by atoms with Gasteiger partial charge in [0.15, 0.2) is 17.7 Å².